The van der Waals surface area contributed by atoms with Gasteiger partial charge in [-0.25, -0.2) is 8.42 Å². The molecule has 0 aliphatic rings. The average Bonchev–Trinajstić information content (AvgIpc) is 2.67. The molecule has 6 nitrogen and oxygen atoms in total. The number of hydrogen-bond donors (Lipinski definition) is 2. The Morgan fingerprint density at radius 3 is 2.20 bits per heavy atom. The van der Waals surface area contributed by atoms with E-state index in [-0.39, 0.29) is 21.8 Å². The van der Waals surface area contributed by atoms with Crippen molar-refractivity contribution < 1.29 is 31.1 Å². The quantitative estimate of drug-likeness (QED) is 0.590. The number of amides is 1. The number of sulfonamides is 1. The highest BCUT2D eigenvalue weighted by Gasteiger charge is 2.31. The van der Waals surface area contributed by atoms with Gasteiger partial charge >= 0.3 is 6.36 Å². The van der Waals surface area contributed by atoms with Crippen LogP contribution in [0, 0.1) is 0 Å². The van der Waals surface area contributed by atoms with Crippen LogP contribution in [0.2, 0.25) is 0 Å². The van der Waals surface area contributed by atoms with Crippen molar-refractivity contribution in [2.45, 2.75) is 11.3 Å². The Labute approximate surface area is 170 Å². The smallest absolute Gasteiger partial charge is 0.406 e. The van der Waals surface area contributed by atoms with Crippen molar-refractivity contribution in [3.8, 4) is 5.75 Å². The fraction of sp³-hybridized carbons (Fsp3) is 0.0500. The lowest BCUT2D eigenvalue weighted by Crippen LogP contribution is -2.17. The van der Waals surface area contributed by atoms with Gasteiger partial charge in [-0.05, 0) is 42.5 Å². The molecule has 0 atom stereocenters. The normalized spacial score (nSPS) is 11.6. The number of hydrogen-bond acceptors (Lipinski definition) is 4. The molecule has 3 aromatic rings. The molecule has 30 heavy (non-hydrogen) atoms. The molecule has 1 amide bonds. The second-order valence-electron chi connectivity index (χ2n) is 6.03. The van der Waals surface area contributed by atoms with E-state index in [0.717, 1.165) is 12.1 Å². The van der Waals surface area contributed by atoms with E-state index < -0.39 is 28.0 Å². The van der Waals surface area contributed by atoms with E-state index in [9.17, 15) is 26.4 Å². The Balaban J connectivity index is 1.75. The first-order valence-electron chi connectivity index (χ1n) is 8.47. The molecule has 0 unspecified atom stereocenters. The maximum atomic E-state index is 12.4. The highest BCUT2D eigenvalue weighted by Crippen LogP contribution is 2.25. The maximum absolute atomic E-state index is 12.4. The van der Waals surface area contributed by atoms with Crippen LogP contribution in [0.25, 0.3) is 0 Å². The summed E-state index contributed by atoms with van der Waals surface area (Å²) in [5.74, 6) is -1.12. The third kappa shape index (κ3) is 5.74. The molecule has 0 spiro atoms. The van der Waals surface area contributed by atoms with E-state index in [1.807, 2.05) is 0 Å². The Morgan fingerprint density at radius 1 is 0.833 bits per heavy atom. The lowest BCUT2D eigenvalue weighted by atomic mass is 10.2. The van der Waals surface area contributed by atoms with Gasteiger partial charge in [0.25, 0.3) is 15.9 Å². The minimum atomic E-state index is -4.85. The van der Waals surface area contributed by atoms with Gasteiger partial charge in [0.2, 0.25) is 0 Å². The third-order valence-corrected chi connectivity index (χ3v) is 5.15. The van der Waals surface area contributed by atoms with Crippen molar-refractivity contribution in [3.63, 3.8) is 0 Å². The highest BCUT2D eigenvalue weighted by molar-refractivity contribution is 7.92. The molecule has 10 heteroatoms. The molecule has 3 aromatic carbocycles. The minimum Gasteiger partial charge on any atom is -0.406 e. The first-order valence-corrected chi connectivity index (χ1v) is 9.96. The molecule has 0 saturated carbocycles. The lowest BCUT2D eigenvalue weighted by molar-refractivity contribution is -0.274. The van der Waals surface area contributed by atoms with Gasteiger partial charge in [-0.2, -0.15) is 0 Å². The molecular formula is C20H15F3N2O4S. The molecule has 0 bridgehead atoms. The number of anilines is 2. The molecular weight excluding hydrogens is 421 g/mol. The van der Waals surface area contributed by atoms with Gasteiger partial charge in [-0.3, -0.25) is 9.52 Å². The molecule has 0 fully saturated rings. The van der Waals surface area contributed by atoms with Crippen molar-refractivity contribution in [1.82, 2.24) is 0 Å². The molecule has 3 rings (SSSR count). The number of benzene rings is 3. The van der Waals surface area contributed by atoms with Crippen LogP contribution in [0.3, 0.4) is 0 Å². The van der Waals surface area contributed by atoms with Gasteiger partial charge < -0.3 is 10.1 Å². The average molecular weight is 436 g/mol. The van der Waals surface area contributed by atoms with Crippen LogP contribution in [-0.4, -0.2) is 20.7 Å². The highest BCUT2D eigenvalue weighted by atomic mass is 32.2. The van der Waals surface area contributed by atoms with Gasteiger partial charge in [-0.1, -0.05) is 30.3 Å². The summed E-state index contributed by atoms with van der Waals surface area (Å²) >= 11 is 0. The molecule has 0 aliphatic heterocycles. The van der Waals surface area contributed by atoms with Gasteiger partial charge in [0.15, 0.2) is 0 Å². The Bertz CT molecular complexity index is 1150. The zero-order valence-electron chi connectivity index (χ0n) is 15.2. The summed E-state index contributed by atoms with van der Waals surface area (Å²) in [6.07, 6.45) is -4.85. The van der Waals surface area contributed by atoms with Crippen LogP contribution in [0.4, 0.5) is 24.5 Å². The fourth-order valence-electron chi connectivity index (χ4n) is 2.51. The number of carbonyl (C=O) groups excluding carboxylic acids is 1. The van der Waals surface area contributed by atoms with Crippen molar-refractivity contribution >= 4 is 27.3 Å². The summed E-state index contributed by atoms with van der Waals surface area (Å²) < 4.78 is 68.0. The van der Waals surface area contributed by atoms with Crippen molar-refractivity contribution in [3.05, 3.63) is 84.4 Å². The van der Waals surface area contributed by atoms with Crippen LogP contribution in [0.1, 0.15) is 10.4 Å². The van der Waals surface area contributed by atoms with Crippen LogP contribution < -0.4 is 14.8 Å². The van der Waals surface area contributed by atoms with Gasteiger partial charge in [-0.15, -0.1) is 13.2 Å². The number of ether oxygens (including phenoxy) is 1. The summed E-state index contributed by atoms with van der Waals surface area (Å²) in [4.78, 5) is 12.5. The number of rotatable bonds is 6. The van der Waals surface area contributed by atoms with Crippen LogP contribution in [0.5, 0.6) is 5.75 Å². The molecule has 0 saturated heterocycles. The van der Waals surface area contributed by atoms with E-state index in [0.29, 0.717) is 0 Å². The van der Waals surface area contributed by atoms with Crippen molar-refractivity contribution in [1.29, 1.82) is 0 Å². The summed E-state index contributed by atoms with van der Waals surface area (Å²) in [6, 6.07) is 18.2. The van der Waals surface area contributed by atoms with E-state index in [4.69, 9.17) is 0 Å². The monoisotopic (exact) mass is 436 g/mol. The maximum Gasteiger partial charge on any atom is 0.573 e. The number of halogens is 3. The second-order valence-corrected chi connectivity index (χ2v) is 7.71. The van der Waals surface area contributed by atoms with Crippen molar-refractivity contribution in [2.24, 2.45) is 0 Å². The zero-order chi connectivity index (χ0) is 21.8. The zero-order valence-corrected chi connectivity index (χ0v) is 16.0. The van der Waals surface area contributed by atoms with Gasteiger partial charge in [0, 0.05) is 23.0 Å². The molecule has 0 aromatic heterocycles. The topological polar surface area (TPSA) is 84.5 Å². The van der Waals surface area contributed by atoms with Gasteiger partial charge in [0.05, 0.1) is 4.90 Å². The predicted octanol–water partition coefficient (Wildman–Crippen LogP) is 4.64. The lowest BCUT2D eigenvalue weighted by Gasteiger charge is -2.12. The van der Waals surface area contributed by atoms with E-state index in [1.54, 1.807) is 18.2 Å². The standard InChI is InChI=1S/C20H15F3N2O4S/c21-20(22,23)29-17-9-5-7-15(13-17)24-19(26)14-6-4-8-16(12-14)25-30(27,28)18-10-2-1-3-11-18/h1-13,25H,(H,24,26). The number of nitrogens with one attached hydrogen (secondary N) is 2. The first kappa shape index (κ1) is 21.2. The van der Waals surface area contributed by atoms with Crippen LogP contribution >= 0.6 is 0 Å². The predicted molar refractivity (Wildman–Crippen MR) is 105 cm³/mol. The number of alkyl halides is 3. The largest absolute Gasteiger partial charge is 0.573 e. The SMILES string of the molecule is O=C(Nc1cccc(OC(F)(F)F)c1)c1cccc(NS(=O)(=O)c2ccccc2)c1. The Kier molecular flexibility index (Phi) is 5.97. The second kappa shape index (κ2) is 8.46. The van der Waals surface area contributed by atoms with Crippen LogP contribution in [0.15, 0.2) is 83.8 Å². The molecule has 0 radical (unpaired) electrons. The Hall–Kier alpha value is -3.53. The van der Waals surface area contributed by atoms with Crippen molar-refractivity contribution in [2.75, 3.05) is 10.0 Å². The summed E-state index contributed by atoms with van der Waals surface area (Å²) in [7, 11) is -3.84. The van der Waals surface area contributed by atoms with Gasteiger partial charge in [0.1, 0.15) is 5.75 Å². The summed E-state index contributed by atoms with van der Waals surface area (Å²) in [6.45, 7) is 0. The third-order valence-electron chi connectivity index (χ3n) is 3.76. The summed E-state index contributed by atoms with van der Waals surface area (Å²) in [5, 5.41) is 2.44. The Morgan fingerprint density at radius 2 is 1.50 bits per heavy atom. The summed E-state index contributed by atoms with van der Waals surface area (Å²) in [5.41, 5.74) is 0.336. The number of carbonyl (C=O) groups is 1. The van der Waals surface area contributed by atoms with Crippen LogP contribution in [-0.2, 0) is 10.0 Å². The first-order chi connectivity index (χ1) is 14.1. The van der Waals surface area contributed by atoms with E-state index >= 15 is 0 Å². The fourth-order valence-corrected chi connectivity index (χ4v) is 3.58. The van der Waals surface area contributed by atoms with E-state index in [1.165, 1.54) is 48.5 Å². The molecule has 156 valence electrons. The van der Waals surface area contributed by atoms with E-state index in [2.05, 4.69) is 14.8 Å². The molecule has 2 N–H and O–H groups in total. The minimum absolute atomic E-state index is 0.0568. The molecule has 0 heterocycles. The molecule has 0 aliphatic carbocycles.